The number of benzene rings is 3. The van der Waals surface area contributed by atoms with Gasteiger partial charge in [-0.05, 0) is 53.6 Å². The highest BCUT2D eigenvalue weighted by Crippen LogP contribution is 2.30. The minimum Gasteiger partial charge on any atom is -0.495 e. The minimum absolute atomic E-state index is 0.182. The monoisotopic (exact) mass is 427 g/mol. The van der Waals surface area contributed by atoms with Crippen LogP contribution >= 0.6 is 11.6 Å². The Morgan fingerprint density at radius 2 is 1.57 bits per heavy atom. The minimum atomic E-state index is -0.996. The van der Waals surface area contributed by atoms with E-state index in [9.17, 15) is 9.90 Å². The summed E-state index contributed by atoms with van der Waals surface area (Å²) in [5, 5.41) is 13.1. The number of aromatic carboxylic acids is 1. The molecule has 0 aliphatic rings. The summed E-state index contributed by atoms with van der Waals surface area (Å²) < 4.78 is 16.6. The lowest BCUT2D eigenvalue weighted by Crippen LogP contribution is -2.05. The molecule has 0 saturated carbocycles. The van der Waals surface area contributed by atoms with Crippen molar-refractivity contribution in [2.24, 2.45) is 0 Å². The summed E-state index contributed by atoms with van der Waals surface area (Å²) in [7, 11) is 3.12. The lowest BCUT2D eigenvalue weighted by molar-refractivity contribution is 0.0697. The van der Waals surface area contributed by atoms with Gasteiger partial charge in [0.25, 0.3) is 0 Å². The first-order valence-corrected chi connectivity index (χ1v) is 9.57. The number of methoxy groups -OCH3 is 2. The lowest BCUT2D eigenvalue weighted by atomic mass is 10.1. The van der Waals surface area contributed by atoms with E-state index in [-0.39, 0.29) is 5.56 Å². The molecule has 0 saturated heterocycles. The van der Waals surface area contributed by atoms with Crippen LogP contribution in [0.3, 0.4) is 0 Å². The van der Waals surface area contributed by atoms with E-state index in [0.717, 1.165) is 11.1 Å². The van der Waals surface area contributed by atoms with Crippen molar-refractivity contribution >= 4 is 23.3 Å². The molecule has 0 aromatic heterocycles. The van der Waals surface area contributed by atoms with Gasteiger partial charge >= 0.3 is 5.97 Å². The number of hydrogen-bond acceptors (Lipinski definition) is 5. The van der Waals surface area contributed by atoms with Crippen molar-refractivity contribution < 1.29 is 24.1 Å². The van der Waals surface area contributed by atoms with Gasteiger partial charge in [-0.25, -0.2) is 4.79 Å². The molecule has 0 aliphatic carbocycles. The Morgan fingerprint density at radius 1 is 0.900 bits per heavy atom. The van der Waals surface area contributed by atoms with Gasteiger partial charge in [0.15, 0.2) is 11.5 Å². The Bertz CT molecular complexity index is 1020. The first-order chi connectivity index (χ1) is 14.5. The Balaban J connectivity index is 1.69. The molecule has 0 bridgehead atoms. The SMILES string of the molecule is COc1ccc(C(=O)O)cc1NCc1ccc(OCc2ccc(Cl)cc2)c(OC)c1. The maximum absolute atomic E-state index is 11.2. The van der Waals surface area contributed by atoms with Gasteiger partial charge in [0, 0.05) is 11.6 Å². The van der Waals surface area contributed by atoms with Gasteiger partial charge in [0.1, 0.15) is 12.4 Å². The van der Waals surface area contributed by atoms with E-state index in [2.05, 4.69) is 5.32 Å². The summed E-state index contributed by atoms with van der Waals surface area (Å²) in [5.74, 6) is 0.801. The molecule has 6 nitrogen and oxygen atoms in total. The highest BCUT2D eigenvalue weighted by Gasteiger charge is 2.10. The highest BCUT2D eigenvalue weighted by atomic mass is 35.5. The quantitative estimate of drug-likeness (QED) is 0.486. The van der Waals surface area contributed by atoms with Crippen LogP contribution in [0, 0.1) is 0 Å². The van der Waals surface area contributed by atoms with Crippen molar-refractivity contribution in [1.82, 2.24) is 0 Å². The molecule has 3 rings (SSSR count). The number of halogens is 1. The van der Waals surface area contributed by atoms with Gasteiger partial charge < -0.3 is 24.6 Å². The van der Waals surface area contributed by atoms with E-state index in [1.165, 1.54) is 13.2 Å². The average Bonchev–Trinajstić information content (AvgIpc) is 2.77. The zero-order valence-corrected chi connectivity index (χ0v) is 17.4. The van der Waals surface area contributed by atoms with Gasteiger partial charge in [-0.15, -0.1) is 0 Å². The van der Waals surface area contributed by atoms with Crippen molar-refractivity contribution in [3.63, 3.8) is 0 Å². The predicted molar refractivity (Wildman–Crippen MR) is 116 cm³/mol. The van der Waals surface area contributed by atoms with Gasteiger partial charge in [-0.2, -0.15) is 0 Å². The third kappa shape index (κ3) is 5.36. The Kier molecular flexibility index (Phi) is 7.03. The van der Waals surface area contributed by atoms with Crippen molar-refractivity contribution in [2.45, 2.75) is 13.2 Å². The molecule has 2 N–H and O–H groups in total. The number of carbonyl (C=O) groups is 1. The number of carboxylic acids is 1. The molecule has 3 aromatic carbocycles. The normalized spacial score (nSPS) is 10.4. The van der Waals surface area contributed by atoms with Crippen molar-refractivity contribution in [3.8, 4) is 17.2 Å². The fourth-order valence-corrected chi connectivity index (χ4v) is 2.99. The van der Waals surface area contributed by atoms with Crippen molar-refractivity contribution in [2.75, 3.05) is 19.5 Å². The summed E-state index contributed by atoms with van der Waals surface area (Å²) in [6.07, 6.45) is 0. The maximum atomic E-state index is 11.2. The fourth-order valence-electron chi connectivity index (χ4n) is 2.86. The van der Waals surface area contributed by atoms with Crippen LogP contribution in [-0.4, -0.2) is 25.3 Å². The van der Waals surface area contributed by atoms with E-state index in [1.54, 1.807) is 19.2 Å². The molecule has 0 aliphatic heterocycles. The molecular weight excluding hydrogens is 406 g/mol. The molecule has 7 heteroatoms. The number of rotatable bonds is 9. The number of carboxylic acid groups (broad SMARTS) is 1. The van der Waals surface area contributed by atoms with Crippen LogP contribution in [0.1, 0.15) is 21.5 Å². The zero-order valence-electron chi connectivity index (χ0n) is 16.6. The molecule has 156 valence electrons. The Labute approximate surface area is 180 Å². The van der Waals surface area contributed by atoms with E-state index in [1.807, 2.05) is 42.5 Å². The van der Waals surface area contributed by atoms with Gasteiger partial charge in [0.2, 0.25) is 0 Å². The molecule has 0 amide bonds. The van der Waals surface area contributed by atoms with Crippen molar-refractivity contribution in [1.29, 1.82) is 0 Å². The number of hydrogen-bond donors (Lipinski definition) is 2. The Hall–Kier alpha value is -3.38. The molecule has 0 heterocycles. The largest absolute Gasteiger partial charge is 0.495 e. The van der Waals surface area contributed by atoms with Gasteiger partial charge in [-0.1, -0.05) is 29.8 Å². The lowest BCUT2D eigenvalue weighted by Gasteiger charge is -2.14. The first kappa shape index (κ1) is 21.3. The highest BCUT2D eigenvalue weighted by molar-refractivity contribution is 6.30. The van der Waals surface area contributed by atoms with Gasteiger partial charge in [-0.3, -0.25) is 0 Å². The van der Waals surface area contributed by atoms with E-state index in [0.29, 0.717) is 41.1 Å². The second-order valence-electron chi connectivity index (χ2n) is 6.47. The second kappa shape index (κ2) is 9.89. The Morgan fingerprint density at radius 3 is 2.23 bits per heavy atom. The standard InChI is InChI=1S/C23H22ClNO5/c1-28-20-10-6-17(23(26)27)12-19(20)25-13-16-5-9-21(22(11-16)29-2)30-14-15-3-7-18(24)8-4-15/h3-12,25H,13-14H2,1-2H3,(H,26,27). The number of ether oxygens (including phenoxy) is 3. The molecule has 0 spiro atoms. The molecule has 0 unspecified atom stereocenters. The molecule has 3 aromatic rings. The average molecular weight is 428 g/mol. The summed E-state index contributed by atoms with van der Waals surface area (Å²) in [6, 6.07) is 17.8. The van der Waals surface area contributed by atoms with Crippen LogP contribution in [0.25, 0.3) is 0 Å². The summed E-state index contributed by atoms with van der Waals surface area (Å²) in [5.41, 5.74) is 2.72. The van der Waals surface area contributed by atoms with Crippen LogP contribution in [0.5, 0.6) is 17.2 Å². The smallest absolute Gasteiger partial charge is 0.335 e. The topological polar surface area (TPSA) is 77.0 Å². The predicted octanol–water partition coefficient (Wildman–Crippen LogP) is 5.25. The molecule has 0 radical (unpaired) electrons. The van der Waals surface area contributed by atoms with Gasteiger partial charge in [0.05, 0.1) is 25.5 Å². The second-order valence-corrected chi connectivity index (χ2v) is 6.91. The third-order valence-corrected chi connectivity index (χ3v) is 4.72. The molecular formula is C23H22ClNO5. The van der Waals surface area contributed by atoms with Crippen LogP contribution in [0.15, 0.2) is 60.7 Å². The van der Waals surface area contributed by atoms with Crippen LogP contribution in [-0.2, 0) is 13.2 Å². The van der Waals surface area contributed by atoms with Crippen LogP contribution < -0.4 is 19.5 Å². The summed E-state index contributed by atoms with van der Waals surface area (Å²) >= 11 is 5.91. The number of nitrogens with one attached hydrogen (secondary N) is 1. The first-order valence-electron chi connectivity index (χ1n) is 9.19. The third-order valence-electron chi connectivity index (χ3n) is 4.47. The zero-order chi connectivity index (χ0) is 21.5. The maximum Gasteiger partial charge on any atom is 0.335 e. The van der Waals surface area contributed by atoms with Crippen LogP contribution in [0.2, 0.25) is 5.02 Å². The summed E-state index contributed by atoms with van der Waals surface area (Å²) in [6.45, 7) is 0.845. The fraction of sp³-hybridized carbons (Fsp3) is 0.174. The summed E-state index contributed by atoms with van der Waals surface area (Å²) in [4.78, 5) is 11.2. The molecule has 30 heavy (non-hydrogen) atoms. The van der Waals surface area contributed by atoms with E-state index < -0.39 is 5.97 Å². The van der Waals surface area contributed by atoms with Crippen molar-refractivity contribution in [3.05, 3.63) is 82.4 Å². The number of anilines is 1. The van der Waals surface area contributed by atoms with E-state index in [4.69, 9.17) is 25.8 Å². The molecule has 0 fully saturated rings. The molecule has 0 atom stereocenters. The van der Waals surface area contributed by atoms with E-state index >= 15 is 0 Å². The van der Waals surface area contributed by atoms with Crippen LogP contribution in [0.4, 0.5) is 5.69 Å².